The summed E-state index contributed by atoms with van der Waals surface area (Å²) in [7, 11) is 0. The third-order valence-corrected chi connectivity index (χ3v) is 6.59. The first-order chi connectivity index (χ1) is 14.2. The van der Waals surface area contributed by atoms with Gasteiger partial charge in [0, 0.05) is 6.42 Å². The fourth-order valence-corrected chi connectivity index (χ4v) is 4.72. The van der Waals surface area contributed by atoms with Crippen LogP contribution in [0.25, 0.3) is 11.1 Å². The number of carboxylic acid groups (broad SMARTS) is 1. The molecule has 2 heteroatoms. The second-order valence-electron chi connectivity index (χ2n) is 8.78. The van der Waals surface area contributed by atoms with Crippen LogP contribution in [0.1, 0.15) is 88.2 Å². The van der Waals surface area contributed by atoms with E-state index in [-0.39, 0.29) is 6.42 Å². The van der Waals surface area contributed by atoms with Crippen LogP contribution in [-0.2, 0) is 11.2 Å². The maximum Gasteiger partial charge on any atom is 0.303 e. The molecule has 0 spiro atoms. The molecule has 0 bridgehead atoms. The van der Waals surface area contributed by atoms with Crippen molar-refractivity contribution in [3.05, 3.63) is 59.7 Å². The Morgan fingerprint density at radius 3 is 2.07 bits per heavy atom. The van der Waals surface area contributed by atoms with E-state index in [4.69, 9.17) is 5.11 Å². The van der Waals surface area contributed by atoms with Crippen molar-refractivity contribution in [2.24, 2.45) is 5.92 Å². The molecule has 0 amide bonds. The van der Waals surface area contributed by atoms with Gasteiger partial charge in [-0.3, -0.25) is 4.79 Å². The van der Waals surface area contributed by atoms with E-state index in [0.29, 0.717) is 6.42 Å². The molecule has 2 aromatic carbocycles. The first-order valence-corrected chi connectivity index (χ1v) is 11.6. The van der Waals surface area contributed by atoms with Crippen LogP contribution in [0.3, 0.4) is 0 Å². The number of carbonyl (C=O) groups is 1. The molecule has 1 aliphatic carbocycles. The molecule has 0 aliphatic heterocycles. The molecule has 2 nitrogen and oxygen atoms in total. The molecule has 1 aliphatic rings. The molecule has 0 heterocycles. The van der Waals surface area contributed by atoms with E-state index < -0.39 is 5.97 Å². The molecule has 0 radical (unpaired) electrons. The van der Waals surface area contributed by atoms with Crippen molar-refractivity contribution in [2.75, 3.05) is 0 Å². The zero-order valence-electron chi connectivity index (χ0n) is 17.9. The average Bonchev–Trinajstić information content (AvgIpc) is 2.75. The standard InChI is InChI=1S/C27H36O2/c1-2-3-4-6-21-9-13-23(14-10-21)25-17-19-26(20-18-25)24-15-11-22(12-16-24)7-5-8-27(28)29/h11-12,15-21,23H,2-10,13-14H2,1H3,(H,28,29)/t21-,23-. The summed E-state index contributed by atoms with van der Waals surface area (Å²) in [5, 5.41) is 8.76. The molecule has 29 heavy (non-hydrogen) atoms. The highest BCUT2D eigenvalue weighted by molar-refractivity contribution is 5.66. The Kier molecular flexibility index (Phi) is 8.34. The van der Waals surface area contributed by atoms with Crippen molar-refractivity contribution in [1.82, 2.24) is 0 Å². The predicted molar refractivity (Wildman–Crippen MR) is 121 cm³/mol. The lowest BCUT2D eigenvalue weighted by molar-refractivity contribution is -0.137. The van der Waals surface area contributed by atoms with E-state index in [1.54, 1.807) is 0 Å². The summed E-state index contributed by atoms with van der Waals surface area (Å²) >= 11 is 0. The van der Waals surface area contributed by atoms with Gasteiger partial charge in [-0.15, -0.1) is 0 Å². The van der Waals surface area contributed by atoms with Crippen molar-refractivity contribution in [1.29, 1.82) is 0 Å². The summed E-state index contributed by atoms with van der Waals surface area (Å²) in [6.45, 7) is 2.29. The zero-order chi connectivity index (χ0) is 20.5. The lowest BCUT2D eigenvalue weighted by Gasteiger charge is -2.29. The number of hydrogen-bond donors (Lipinski definition) is 1. The van der Waals surface area contributed by atoms with Crippen LogP contribution >= 0.6 is 0 Å². The first kappa shape index (κ1) is 21.6. The number of aryl methyl sites for hydroxylation is 1. The lowest BCUT2D eigenvalue weighted by Crippen LogP contribution is -2.13. The Balaban J connectivity index is 1.50. The molecule has 2 aromatic rings. The Hall–Kier alpha value is -2.09. The van der Waals surface area contributed by atoms with Gasteiger partial charge in [0.15, 0.2) is 0 Å². The monoisotopic (exact) mass is 392 g/mol. The van der Waals surface area contributed by atoms with Gasteiger partial charge in [-0.05, 0) is 72.6 Å². The van der Waals surface area contributed by atoms with Crippen LogP contribution in [0, 0.1) is 5.92 Å². The van der Waals surface area contributed by atoms with Crippen molar-refractivity contribution < 1.29 is 9.90 Å². The molecule has 1 saturated carbocycles. The van der Waals surface area contributed by atoms with Gasteiger partial charge in [0.25, 0.3) is 0 Å². The molecule has 0 saturated heterocycles. The number of unbranched alkanes of at least 4 members (excludes halogenated alkanes) is 2. The SMILES string of the molecule is CCCCC[C@H]1CC[C@H](c2ccc(-c3ccc(CCCC(=O)O)cc3)cc2)CC1. The second kappa shape index (κ2) is 11.2. The highest BCUT2D eigenvalue weighted by Crippen LogP contribution is 2.38. The van der Waals surface area contributed by atoms with E-state index in [0.717, 1.165) is 18.3 Å². The molecular formula is C27H36O2. The average molecular weight is 393 g/mol. The summed E-state index contributed by atoms with van der Waals surface area (Å²) in [6.07, 6.45) is 12.8. The Morgan fingerprint density at radius 2 is 1.48 bits per heavy atom. The van der Waals surface area contributed by atoms with E-state index in [2.05, 4.69) is 55.5 Å². The van der Waals surface area contributed by atoms with Gasteiger partial charge in [0.2, 0.25) is 0 Å². The van der Waals surface area contributed by atoms with Gasteiger partial charge in [-0.1, -0.05) is 81.1 Å². The summed E-state index contributed by atoms with van der Waals surface area (Å²) in [4.78, 5) is 10.6. The van der Waals surface area contributed by atoms with Crippen molar-refractivity contribution in [3.63, 3.8) is 0 Å². The van der Waals surface area contributed by atoms with Gasteiger partial charge in [-0.25, -0.2) is 0 Å². The number of aliphatic carboxylic acids is 1. The highest BCUT2D eigenvalue weighted by atomic mass is 16.4. The Labute approximate surface area is 176 Å². The third kappa shape index (κ3) is 6.73. The zero-order valence-corrected chi connectivity index (χ0v) is 17.9. The molecule has 0 aromatic heterocycles. The van der Waals surface area contributed by atoms with Gasteiger partial charge in [0.1, 0.15) is 0 Å². The number of hydrogen-bond acceptors (Lipinski definition) is 1. The van der Waals surface area contributed by atoms with Gasteiger partial charge < -0.3 is 5.11 Å². The summed E-state index contributed by atoms with van der Waals surface area (Å²) in [5.74, 6) is 0.987. The first-order valence-electron chi connectivity index (χ1n) is 11.6. The maximum absolute atomic E-state index is 10.6. The van der Waals surface area contributed by atoms with Crippen LogP contribution in [0.4, 0.5) is 0 Å². The van der Waals surface area contributed by atoms with Crippen LogP contribution in [0.15, 0.2) is 48.5 Å². The van der Waals surface area contributed by atoms with Crippen LogP contribution in [0.5, 0.6) is 0 Å². The van der Waals surface area contributed by atoms with Crippen LogP contribution in [-0.4, -0.2) is 11.1 Å². The Morgan fingerprint density at radius 1 is 0.862 bits per heavy atom. The number of rotatable bonds is 10. The minimum absolute atomic E-state index is 0.240. The lowest BCUT2D eigenvalue weighted by atomic mass is 9.77. The van der Waals surface area contributed by atoms with Gasteiger partial charge >= 0.3 is 5.97 Å². The van der Waals surface area contributed by atoms with E-state index in [9.17, 15) is 4.79 Å². The predicted octanol–water partition coefficient (Wildman–Crippen LogP) is 7.62. The van der Waals surface area contributed by atoms with E-state index in [1.807, 2.05) is 0 Å². The number of benzene rings is 2. The smallest absolute Gasteiger partial charge is 0.303 e. The topological polar surface area (TPSA) is 37.3 Å². The largest absolute Gasteiger partial charge is 0.481 e. The fourth-order valence-electron chi connectivity index (χ4n) is 4.72. The molecular weight excluding hydrogens is 356 g/mol. The second-order valence-corrected chi connectivity index (χ2v) is 8.78. The fraction of sp³-hybridized carbons (Fsp3) is 0.519. The highest BCUT2D eigenvalue weighted by Gasteiger charge is 2.22. The molecule has 0 atom stereocenters. The summed E-state index contributed by atoms with van der Waals surface area (Å²) in [6, 6.07) is 17.8. The molecule has 3 rings (SSSR count). The normalized spacial score (nSPS) is 19.2. The van der Waals surface area contributed by atoms with E-state index >= 15 is 0 Å². The van der Waals surface area contributed by atoms with Crippen LogP contribution < -0.4 is 0 Å². The molecule has 1 N–H and O–H groups in total. The van der Waals surface area contributed by atoms with Crippen molar-refractivity contribution in [2.45, 2.75) is 83.5 Å². The molecule has 156 valence electrons. The summed E-state index contributed by atoms with van der Waals surface area (Å²) < 4.78 is 0. The quantitative estimate of drug-likeness (QED) is 0.422. The van der Waals surface area contributed by atoms with E-state index in [1.165, 1.54) is 73.6 Å². The van der Waals surface area contributed by atoms with Crippen molar-refractivity contribution >= 4 is 5.97 Å². The molecule has 0 unspecified atom stereocenters. The van der Waals surface area contributed by atoms with Crippen LogP contribution in [0.2, 0.25) is 0 Å². The molecule has 1 fully saturated rings. The minimum Gasteiger partial charge on any atom is -0.481 e. The Bertz CT molecular complexity index is 737. The van der Waals surface area contributed by atoms with Crippen molar-refractivity contribution in [3.8, 4) is 11.1 Å². The van der Waals surface area contributed by atoms with Gasteiger partial charge in [0.05, 0.1) is 0 Å². The minimum atomic E-state index is -0.716. The summed E-state index contributed by atoms with van der Waals surface area (Å²) in [5.41, 5.74) is 5.21. The number of carboxylic acids is 1. The van der Waals surface area contributed by atoms with Gasteiger partial charge in [-0.2, -0.15) is 0 Å². The third-order valence-electron chi connectivity index (χ3n) is 6.59. The maximum atomic E-state index is 10.6.